The van der Waals surface area contributed by atoms with Gasteiger partial charge in [0.15, 0.2) is 0 Å². The number of anilines is 1. The van der Waals surface area contributed by atoms with E-state index in [2.05, 4.69) is 5.32 Å². The highest BCUT2D eigenvalue weighted by atomic mass is 16.5. The number of ether oxygens (including phenoxy) is 2. The summed E-state index contributed by atoms with van der Waals surface area (Å²) in [7, 11) is 1.57. The van der Waals surface area contributed by atoms with E-state index in [0.717, 1.165) is 37.1 Å². The Bertz CT molecular complexity index is 446. The fraction of sp³-hybridized carbons (Fsp3) is 0.562. The van der Waals surface area contributed by atoms with Crippen molar-refractivity contribution in [3.63, 3.8) is 0 Å². The molecular formula is C16H23NO4. The summed E-state index contributed by atoms with van der Waals surface area (Å²) in [5.41, 5.74) is 0.729. The third-order valence-corrected chi connectivity index (χ3v) is 3.63. The standard InChI is InChI=1S/C16H23NO4/c1-20-11-10-16(19)17-12-6-8-13(9-7-12)21-15-5-3-2-4-14(15)18/h6-9,14-15,18H,2-5,10-11H2,1H3,(H,17,19)/t14-,15+/m0/s1. The lowest BCUT2D eigenvalue weighted by Gasteiger charge is -2.28. The molecule has 0 saturated heterocycles. The second-order valence-corrected chi connectivity index (χ2v) is 5.32. The van der Waals surface area contributed by atoms with E-state index in [0.29, 0.717) is 13.0 Å². The minimum atomic E-state index is -0.382. The largest absolute Gasteiger partial charge is 0.488 e. The van der Waals surface area contributed by atoms with Crippen molar-refractivity contribution in [2.24, 2.45) is 0 Å². The van der Waals surface area contributed by atoms with Gasteiger partial charge < -0.3 is 19.9 Å². The molecule has 1 saturated carbocycles. The molecule has 2 N–H and O–H groups in total. The predicted octanol–water partition coefficient (Wildman–Crippen LogP) is 2.34. The molecule has 1 amide bonds. The average Bonchev–Trinajstić information content (AvgIpc) is 2.49. The highest BCUT2D eigenvalue weighted by molar-refractivity contribution is 5.90. The number of amides is 1. The van der Waals surface area contributed by atoms with E-state index in [-0.39, 0.29) is 18.1 Å². The highest BCUT2D eigenvalue weighted by Gasteiger charge is 2.24. The van der Waals surface area contributed by atoms with Crippen molar-refractivity contribution in [2.75, 3.05) is 19.0 Å². The maximum Gasteiger partial charge on any atom is 0.226 e. The smallest absolute Gasteiger partial charge is 0.226 e. The number of carbonyl (C=O) groups is 1. The third-order valence-electron chi connectivity index (χ3n) is 3.63. The van der Waals surface area contributed by atoms with E-state index in [4.69, 9.17) is 9.47 Å². The maximum atomic E-state index is 11.6. The van der Waals surface area contributed by atoms with Crippen LogP contribution in [0.2, 0.25) is 0 Å². The monoisotopic (exact) mass is 293 g/mol. The number of methoxy groups -OCH3 is 1. The summed E-state index contributed by atoms with van der Waals surface area (Å²) in [6.07, 6.45) is 3.67. The van der Waals surface area contributed by atoms with Crippen molar-refractivity contribution in [1.82, 2.24) is 0 Å². The fourth-order valence-corrected chi connectivity index (χ4v) is 2.42. The maximum absolute atomic E-state index is 11.6. The van der Waals surface area contributed by atoms with Crippen LogP contribution in [0.15, 0.2) is 24.3 Å². The van der Waals surface area contributed by atoms with Gasteiger partial charge in [-0.1, -0.05) is 6.42 Å². The molecule has 0 unspecified atom stereocenters. The summed E-state index contributed by atoms with van der Waals surface area (Å²) in [6, 6.07) is 7.23. The van der Waals surface area contributed by atoms with Crippen LogP contribution in [0.25, 0.3) is 0 Å². The van der Waals surface area contributed by atoms with Crippen LogP contribution in [0.1, 0.15) is 32.1 Å². The van der Waals surface area contributed by atoms with Crippen LogP contribution in [0.4, 0.5) is 5.69 Å². The van der Waals surface area contributed by atoms with Crippen molar-refractivity contribution in [3.8, 4) is 5.75 Å². The molecule has 1 aromatic rings. The van der Waals surface area contributed by atoms with E-state index in [1.165, 1.54) is 0 Å². The predicted molar refractivity (Wildman–Crippen MR) is 80.5 cm³/mol. The molecule has 1 aromatic carbocycles. The Morgan fingerprint density at radius 1 is 1.29 bits per heavy atom. The molecular weight excluding hydrogens is 270 g/mol. The van der Waals surface area contributed by atoms with Crippen molar-refractivity contribution < 1.29 is 19.4 Å². The van der Waals surface area contributed by atoms with Gasteiger partial charge in [0.05, 0.1) is 19.1 Å². The molecule has 21 heavy (non-hydrogen) atoms. The zero-order valence-electron chi connectivity index (χ0n) is 12.4. The first kappa shape index (κ1) is 15.8. The first-order valence-corrected chi connectivity index (χ1v) is 7.42. The van der Waals surface area contributed by atoms with E-state index in [1.54, 1.807) is 19.2 Å². The number of benzene rings is 1. The molecule has 1 fully saturated rings. The molecule has 0 aliphatic heterocycles. The summed E-state index contributed by atoms with van der Waals surface area (Å²) in [4.78, 5) is 11.6. The number of aliphatic hydroxyl groups excluding tert-OH is 1. The van der Waals surface area contributed by atoms with Gasteiger partial charge in [-0.25, -0.2) is 0 Å². The summed E-state index contributed by atoms with van der Waals surface area (Å²) in [5.74, 6) is 0.643. The quantitative estimate of drug-likeness (QED) is 0.845. The van der Waals surface area contributed by atoms with Crippen LogP contribution in [-0.4, -0.2) is 36.9 Å². The normalized spacial score (nSPS) is 21.8. The lowest BCUT2D eigenvalue weighted by atomic mass is 9.95. The van der Waals surface area contributed by atoms with Gasteiger partial charge in [-0.05, 0) is 43.5 Å². The molecule has 0 heterocycles. The Hall–Kier alpha value is -1.59. The first-order valence-electron chi connectivity index (χ1n) is 7.42. The van der Waals surface area contributed by atoms with Crippen LogP contribution < -0.4 is 10.1 Å². The molecule has 0 aromatic heterocycles. The van der Waals surface area contributed by atoms with Gasteiger partial charge >= 0.3 is 0 Å². The van der Waals surface area contributed by atoms with Crippen molar-refractivity contribution >= 4 is 11.6 Å². The molecule has 1 aliphatic carbocycles. The SMILES string of the molecule is COCCC(=O)Nc1ccc(O[C@@H]2CCCC[C@@H]2O)cc1. The van der Waals surface area contributed by atoms with Gasteiger partial charge in [0.2, 0.25) is 5.91 Å². The third kappa shape index (κ3) is 5.02. The number of hydrogen-bond donors (Lipinski definition) is 2. The molecule has 5 nitrogen and oxygen atoms in total. The van der Waals surface area contributed by atoms with Crippen molar-refractivity contribution in [3.05, 3.63) is 24.3 Å². The van der Waals surface area contributed by atoms with Crippen molar-refractivity contribution in [2.45, 2.75) is 44.3 Å². The summed E-state index contributed by atoms with van der Waals surface area (Å²) >= 11 is 0. The number of nitrogens with one attached hydrogen (secondary N) is 1. The van der Waals surface area contributed by atoms with E-state index in [9.17, 15) is 9.90 Å². The average molecular weight is 293 g/mol. The summed E-state index contributed by atoms with van der Waals surface area (Å²) < 4.78 is 10.7. The molecule has 1 aliphatic rings. The van der Waals surface area contributed by atoms with Gasteiger partial charge in [-0.2, -0.15) is 0 Å². The molecule has 0 radical (unpaired) electrons. The number of rotatable bonds is 6. The minimum Gasteiger partial charge on any atom is -0.488 e. The Labute approximate surface area is 125 Å². The highest BCUT2D eigenvalue weighted by Crippen LogP contribution is 2.24. The van der Waals surface area contributed by atoms with Crippen LogP contribution >= 0.6 is 0 Å². The second kappa shape index (κ2) is 8.00. The van der Waals surface area contributed by atoms with Crippen molar-refractivity contribution in [1.29, 1.82) is 0 Å². The van der Waals surface area contributed by atoms with Crippen LogP contribution in [0, 0.1) is 0 Å². The van der Waals surface area contributed by atoms with Crippen LogP contribution in [0.5, 0.6) is 5.75 Å². The first-order chi connectivity index (χ1) is 10.2. The van der Waals surface area contributed by atoms with Crippen LogP contribution in [-0.2, 0) is 9.53 Å². The Kier molecular flexibility index (Phi) is 6.02. The van der Waals surface area contributed by atoms with Gasteiger partial charge in [0.25, 0.3) is 0 Å². The lowest BCUT2D eigenvalue weighted by molar-refractivity contribution is -0.117. The number of carbonyl (C=O) groups excluding carboxylic acids is 1. The lowest BCUT2D eigenvalue weighted by Crippen LogP contribution is -2.34. The fourth-order valence-electron chi connectivity index (χ4n) is 2.42. The minimum absolute atomic E-state index is 0.0757. The zero-order valence-corrected chi connectivity index (χ0v) is 12.4. The van der Waals surface area contributed by atoms with Gasteiger partial charge in [-0.15, -0.1) is 0 Å². The van der Waals surface area contributed by atoms with E-state index < -0.39 is 0 Å². The van der Waals surface area contributed by atoms with Gasteiger partial charge in [0, 0.05) is 12.8 Å². The Morgan fingerprint density at radius 2 is 2.00 bits per heavy atom. The van der Waals surface area contributed by atoms with Crippen LogP contribution in [0.3, 0.4) is 0 Å². The number of hydrogen-bond acceptors (Lipinski definition) is 4. The summed E-state index contributed by atoms with van der Waals surface area (Å²) in [5, 5.41) is 12.7. The summed E-state index contributed by atoms with van der Waals surface area (Å²) in [6.45, 7) is 0.409. The Morgan fingerprint density at radius 3 is 2.67 bits per heavy atom. The Balaban J connectivity index is 1.85. The van der Waals surface area contributed by atoms with E-state index in [1.807, 2.05) is 12.1 Å². The van der Waals surface area contributed by atoms with Gasteiger partial charge in [0.1, 0.15) is 11.9 Å². The van der Waals surface area contributed by atoms with Gasteiger partial charge in [-0.3, -0.25) is 4.79 Å². The topological polar surface area (TPSA) is 67.8 Å². The van der Waals surface area contributed by atoms with E-state index >= 15 is 0 Å². The molecule has 0 spiro atoms. The molecule has 2 atom stereocenters. The molecule has 5 heteroatoms. The second-order valence-electron chi connectivity index (χ2n) is 5.32. The number of aliphatic hydroxyl groups is 1. The molecule has 2 rings (SSSR count). The zero-order chi connectivity index (χ0) is 15.1. The molecule has 116 valence electrons. The molecule has 0 bridgehead atoms.